The van der Waals surface area contributed by atoms with E-state index in [0.29, 0.717) is 23.6 Å². The molecule has 0 spiro atoms. The fourth-order valence-corrected chi connectivity index (χ4v) is 3.21. The Hall–Kier alpha value is -2.38. The van der Waals surface area contributed by atoms with E-state index >= 15 is 0 Å². The maximum Gasteiger partial charge on any atom is 0.338 e. The van der Waals surface area contributed by atoms with Gasteiger partial charge in [0.25, 0.3) is 5.91 Å². The SMILES string of the molecule is Cc1ccc(S(C)(=O)=O)cc1C(=O)OCC(=O)NCCc1cccc(Cl)c1. The van der Waals surface area contributed by atoms with Crippen molar-refractivity contribution in [1.82, 2.24) is 5.32 Å². The van der Waals surface area contributed by atoms with E-state index in [1.54, 1.807) is 13.0 Å². The Labute approximate surface area is 163 Å². The standard InChI is InChI=1S/C19H20ClNO5S/c1-13-6-7-16(27(2,24)25)11-17(13)19(23)26-12-18(22)21-9-8-14-4-3-5-15(20)10-14/h3-7,10-11H,8-9,12H2,1-2H3,(H,21,22). The molecular formula is C19H20ClNO5S. The van der Waals surface area contributed by atoms with Crippen molar-refractivity contribution >= 4 is 33.3 Å². The Morgan fingerprint density at radius 2 is 1.89 bits per heavy atom. The number of aryl methyl sites for hydroxylation is 1. The molecule has 0 aromatic heterocycles. The molecule has 144 valence electrons. The molecule has 0 aliphatic carbocycles. The molecule has 0 aliphatic rings. The van der Waals surface area contributed by atoms with Gasteiger partial charge in [-0.3, -0.25) is 4.79 Å². The zero-order valence-electron chi connectivity index (χ0n) is 15.0. The monoisotopic (exact) mass is 409 g/mol. The molecule has 27 heavy (non-hydrogen) atoms. The molecule has 2 aromatic rings. The predicted molar refractivity (Wildman–Crippen MR) is 103 cm³/mol. The Bertz CT molecular complexity index is 956. The van der Waals surface area contributed by atoms with Gasteiger partial charge in [-0.2, -0.15) is 0 Å². The van der Waals surface area contributed by atoms with Gasteiger partial charge in [0, 0.05) is 17.8 Å². The quantitative estimate of drug-likeness (QED) is 0.710. The summed E-state index contributed by atoms with van der Waals surface area (Å²) in [5.74, 6) is -1.19. The first-order valence-electron chi connectivity index (χ1n) is 8.16. The molecule has 6 nitrogen and oxygen atoms in total. The number of benzene rings is 2. The lowest BCUT2D eigenvalue weighted by molar-refractivity contribution is -0.124. The second-order valence-electron chi connectivity index (χ2n) is 6.05. The van der Waals surface area contributed by atoms with E-state index in [1.165, 1.54) is 18.2 Å². The fraction of sp³-hybridized carbons (Fsp3) is 0.263. The Kier molecular flexibility index (Phi) is 6.98. The highest BCUT2D eigenvalue weighted by Crippen LogP contribution is 2.16. The molecule has 0 heterocycles. The smallest absolute Gasteiger partial charge is 0.338 e. The first-order valence-corrected chi connectivity index (χ1v) is 10.4. The molecule has 0 unspecified atom stereocenters. The van der Waals surface area contributed by atoms with Crippen LogP contribution in [0.3, 0.4) is 0 Å². The van der Waals surface area contributed by atoms with Crippen LogP contribution in [0.15, 0.2) is 47.4 Å². The molecule has 2 rings (SSSR count). The largest absolute Gasteiger partial charge is 0.452 e. The molecule has 1 amide bonds. The van der Waals surface area contributed by atoms with Crippen molar-refractivity contribution in [2.24, 2.45) is 0 Å². The number of hydrogen-bond donors (Lipinski definition) is 1. The number of esters is 1. The summed E-state index contributed by atoms with van der Waals surface area (Å²) < 4.78 is 28.2. The molecule has 2 aromatic carbocycles. The number of sulfone groups is 1. The topological polar surface area (TPSA) is 89.5 Å². The fourth-order valence-electron chi connectivity index (χ4n) is 2.35. The van der Waals surface area contributed by atoms with Gasteiger partial charge in [0.1, 0.15) is 0 Å². The lowest BCUT2D eigenvalue weighted by Gasteiger charge is -2.09. The van der Waals surface area contributed by atoms with E-state index in [4.69, 9.17) is 16.3 Å². The molecular weight excluding hydrogens is 390 g/mol. The van der Waals surface area contributed by atoms with E-state index in [2.05, 4.69) is 5.32 Å². The number of carbonyl (C=O) groups excluding carboxylic acids is 2. The molecule has 0 saturated carbocycles. The molecule has 1 N–H and O–H groups in total. The van der Waals surface area contributed by atoms with Crippen LogP contribution in [-0.4, -0.2) is 39.7 Å². The van der Waals surface area contributed by atoms with Gasteiger partial charge in [0.05, 0.1) is 10.5 Å². The highest BCUT2D eigenvalue weighted by Gasteiger charge is 2.16. The molecule has 0 atom stereocenters. The average molecular weight is 410 g/mol. The van der Waals surface area contributed by atoms with Crippen LogP contribution in [0, 0.1) is 6.92 Å². The molecule has 0 fully saturated rings. The summed E-state index contributed by atoms with van der Waals surface area (Å²) in [7, 11) is -3.44. The van der Waals surface area contributed by atoms with Crippen molar-refractivity contribution in [3.8, 4) is 0 Å². The minimum absolute atomic E-state index is 0.0195. The summed E-state index contributed by atoms with van der Waals surface area (Å²) in [6.45, 7) is 1.59. The highest BCUT2D eigenvalue weighted by atomic mass is 35.5. The maximum atomic E-state index is 12.2. The van der Waals surface area contributed by atoms with Gasteiger partial charge >= 0.3 is 5.97 Å². The summed E-state index contributed by atoms with van der Waals surface area (Å²) in [5, 5.41) is 3.28. The maximum absolute atomic E-state index is 12.2. The molecule has 0 radical (unpaired) electrons. The van der Waals surface area contributed by atoms with E-state index in [-0.39, 0.29) is 10.5 Å². The van der Waals surface area contributed by atoms with Crippen LogP contribution in [0.1, 0.15) is 21.5 Å². The van der Waals surface area contributed by atoms with E-state index in [9.17, 15) is 18.0 Å². The Balaban J connectivity index is 1.87. The van der Waals surface area contributed by atoms with Gasteiger partial charge in [-0.1, -0.05) is 29.8 Å². The minimum atomic E-state index is -3.44. The number of amides is 1. The normalized spacial score (nSPS) is 11.1. The molecule has 8 heteroatoms. The van der Waals surface area contributed by atoms with Crippen LogP contribution in [0.2, 0.25) is 5.02 Å². The second-order valence-corrected chi connectivity index (χ2v) is 8.51. The third kappa shape index (κ3) is 6.37. The summed E-state index contributed by atoms with van der Waals surface area (Å²) >= 11 is 5.90. The first kappa shape index (κ1) is 20.9. The number of halogens is 1. The zero-order chi connectivity index (χ0) is 20.0. The van der Waals surface area contributed by atoms with E-state index < -0.39 is 28.3 Å². The number of hydrogen-bond acceptors (Lipinski definition) is 5. The van der Waals surface area contributed by atoms with Crippen molar-refractivity contribution in [2.75, 3.05) is 19.4 Å². The van der Waals surface area contributed by atoms with Gasteiger partial charge < -0.3 is 10.1 Å². The van der Waals surface area contributed by atoms with Crippen molar-refractivity contribution < 1.29 is 22.7 Å². The first-order chi connectivity index (χ1) is 12.7. The summed E-state index contributed by atoms with van der Waals surface area (Å²) in [5.41, 5.74) is 1.66. The number of rotatable bonds is 7. The van der Waals surface area contributed by atoms with Gasteiger partial charge in [0.2, 0.25) is 0 Å². The Morgan fingerprint density at radius 1 is 1.15 bits per heavy atom. The van der Waals surface area contributed by atoms with E-state index in [1.807, 2.05) is 18.2 Å². The van der Waals surface area contributed by atoms with Crippen LogP contribution in [0.5, 0.6) is 0 Å². The Morgan fingerprint density at radius 3 is 2.56 bits per heavy atom. The number of carbonyl (C=O) groups is 2. The van der Waals surface area contributed by atoms with Crippen LogP contribution < -0.4 is 5.32 Å². The zero-order valence-corrected chi connectivity index (χ0v) is 16.6. The number of ether oxygens (including phenoxy) is 1. The van der Waals surface area contributed by atoms with Crippen molar-refractivity contribution in [2.45, 2.75) is 18.2 Å². The van der Waals surface area contributed by atoms with Gasteiger partial charge in [0.15, 0.2) is 16.4 Å². The van der Waals surface area contributed by atoms with Crippen LogP contribution in [-0.2, 0) is 25.8 Å². The minimum Gasteiger partial charge on any atom is -0.452 e. The van der Waals surface area contributed by atoms with Crippen molar-refractivity contribution in [3.05, 3.63) is 64.2 Å². The average Bonchev–Trinajstić information content (AvgIpc) is 2.59. The number of nitrogens with one attached hydrogen (secondary N) is 1. The molecule has 0 saturated heterocycles. The van der Waals surface area contributed by atoms with Gasteiger partial charge in [-0.25, -0.2) is 13.2 Å². The lowest BCUT2D eigenvalue weighted by Crippen LogP contribution is -2.30. The van der Waals surface area contributed by atoms with Gasteiger partial charge in [-0.15, -0.1) is 0 Å². The van der Waals surface area contributed by atoms with Crippen LogP contribution in [0.4, 0.5) is 0 Å². The van der Waals surface area contributed by atoms with Gasteiger partial charge in [-0.05, 0) is 48.7 Å². The third-order valence-electron chi connectivity index (χ3n) is 3.82. The highest BCUT2D eigenvalue weighted by molar-refractivity contribution is 7.90. The lowest BCUT2D eigenvalue weighted by atomic mass is 10.1. The molecule has 0 bridgehead atoms. The van der Waals surface area contributed by atoms with Crippen LogP contribution in [0.25, 0.3) is 0 Å². The van der Waals surface area contributed by atoms with Crippen molar-refractivity contribution in [1.29, 1.82) is 0 Å². The third-order valence-corrected chi connectivity index (χ3v) is 5.16. The summed E-state index contributed by atoms with van der Waals surface area (Å²) in [4.78, 5) is 24.0. The second kappa shape index (κ2) is 9.01. The molecule has 0 aliphatic heterocycles. The summed E-state index contributed by atoms with van der Waals surface area (Å²) in [6, 6.07) is 11.5. The van der Waals surface area contributed by atoms with Crippen molar-refractivity contribution in [3.63, 3.8) is 0 Å². The van der Waals surface area contributed by atoms with E-state index in [0.717, 1.165) is 11.8 Å². The van der Waals surface area contributed by atoms with Crippen LogP contribution >= 0.6 is 11.6 Å². The predicted octanol–water partition coefficient (Wildman–Crippen LogP) is 2.57. The summed E-state index contributed by atoms with van der Waals surface area (Å²) in [6.07, 6.45) is 1.65.